The standard InChI is InChI=1S/C14H18O3/c1-9-8-12(16-4)10(2)7-11(9)14(3)6-5-13(15)17-14/h7-8H,5-6H2,1-4H3. The van der Waals surface area contributed by atoms with Crippen molar-refractivity contribution < 1.29 is 14.3 Å². The zero-order valence-electron chi connectivity index (χ0n) is 10.8. The molecule has 1 aromatic carbocycles. The van der Waals surface area contributed by atoms with Gasteiger partial charge in [0.2, 0.25) is 0 Å². The number of esters is 1. The van der Waals surface area contributed by atoms with Crippen LogP contribution >= 0.6 is 0 Å². The molecule has 1 heterocycles. The number of cyclic esters (lactones) is 1. The van der Waals surface area contributed by atoms with E-state index < -0.39 is 5.60 Å². The van der Waals surface area contributed by atoms with Gasteiger partial charge in [-0.3, -0.25) is 4.79 Å². The lowest BCUT2D eigenvalue weighted by Crippen LogP contribution is -2.22. The number of carbonyl (C=O) groups is 1. The van der Waals surface area contributed by atoms with Crippen molar-refractivity contribution in [3.05, 3.63) is 28.8 Å². The van der Waals surface area contributed by atoms with Gasteiger partial charge in [0.1, 0.15) is 11.4 Å². The molecule has 0 saturated carbocycles. The van der Waals surface area contributed by atoms with Crippen molar-refractivity contribution in [2.24, 2.45) is 0 Å². The SMILES string of the molecule is COc1cc(C)c(C2(C)CCC(=O)O2)cc1C. The first-order valence-electron chi connectivity index (χ1n) is 5.84. The molecule has 2 rings (SSSR count). The predicted molar refractivity (Wildman–Crippen MR) is 65.1 cm³/mol. The summed E-state index contributed by atoms with van der Waals surface area (Å²) < 4.78 is 10.8. The Bertz CT molecular complexity index is 465. The first-order chi connectivity index (χ1) is 7.96. The summed E-state index contributed by atoms with van der Waals surface area (Å²) in [7, 11) is 1.67. The van der Waals surface area contributed by atoms with Crippen LogP contribution in [0.3, 0.4) is 0 Å². The van der Waals surface area contributed by atoms with Crippen LogP contribution in [0.1, 0.15) is 36.5 Å². The van der Waals surface area contributed by atoms with Crippen LogP contribution in [0.5, 0.6) is 5.75 Å². The number of methoxy groups -OCH3 is 1. The highest BCUT2D eigenvalue weighted by atomic mass is 16.6. The largest absolute Gasteiger partial charge is 0.496 e. The summed E-state index contributed by atoms with van der Waals surface area (Å²) in [5, 5.41) is 0. The highest BCUT2D eigenvalue weighted by Gasteiger charge is 2.38. The molecule has 1 aliphatic heterocycles. The molecule has 0 aromatic heterocycles. The molecule has 1 atom stereocenters. The fourth-order valence-electron chi connectivity index (χ4n) is 2.46. The summed E-state index contributed by atoms with van der Waals surface area (Å²) in [6.45, 7) is 6.00. The quantitative estimate of drug-likeness (QED) is 0.738. The molecule has 0 bridgehead atoms. The van der Waals surface area contributed by atoms with Crippen molar-refractivity contribution in [1.82, 2.24) is 0 Å². The van der Waals surface area contributed by atoms with E-state index in [9.17, 15) is 4.79 Å². The Hall–Kier alpha value is -1.51. The van der Waals surface area contributed by atoms with Gasteiger partial charge in [0, 0.05) is 12.8 Å². The molecule has 0 amide bonds. The van der Waals surface area contributed by atoms with E-state index in [1.165, 1.54) is 0 Å². The first kappa shape index (κ1) is 12.0. The lowest BCUT2D eigenvalue weighted by atomic mass is 9.88. The fraction of sp³-hybridized carbons (Fsp3) is 0.500. The number of rotatable bonds is 2. The van der Waals surface area contributed by atoms with Crippen LogP contribution in [0.25, 0.3) is 0 Å². The van der Waals surface area contributed by atoms with E-state index in [1.54, 1.807) is 7.11 Å². The molecule has 92 valence electrons. The summed E-state index contributed by atoms with van der Waals surface area (Å²) in [6, 6.07) is 4.06. The van der Waals surface area contributed by atoms with Gasteiger partial charge in [-0.15, -0.1) is 0 Å². The zero-order valence-corrected chi connectivity index (χ0v) is 10.8. The summed E-state index contributed by atoms with van der Waals surface area (Å²) >= 11 is 0. The number of carbonyl (C=O) groups excluding carboxylic acids is 1. The third kappa shape index (κ3) is 2.02. The van der Waals surface area contributed by atoms with Crippen LogP contribution in [-0.2, 0) is 15.1 Å². The average molecular weight is 234 g/mol. The lowest BCUT2D eigenvalue weighted by molar-refractivity contribution is -0.147. The maximum atomic E-state index is 11.3. The highest BCUT2D eigenvalue weighted by molar-refractivity contribution is 5.72. The molecule has 0 aliphatic carbocycles. The van der Waals surface area contributed by atoms with Crippen molar-refractivity contribution >= 4 is 5.97 Å². The summed E-state index contributed by atoms with van der Waals surface area (Å²) in [4.78, 5) is 11.3. The maximum Gasteiger partial charge on any atom is 0.306 e. The Morgan fingerprint density at radius 1 is 1.29 bits per heavy atom. The zero-order chi connectivity index (χ0) is 12.6. The van der Waals surface area contributed by atoms with Crippen molar-refractivity contribution in [3.63, 3.8) is 0 Å². The minimum absolute atomic E-state index is 0.111. The van der Waals surface area contributed by atoms with Gasteiger partial charge in [-0.2, -0.15) is 0 Å². The molecule has 1 aromatic rings. The van der Waals surface area contributed by atoms with E-state index in [0.717, 1.165) is 28.9 Å². The fourth-order valence-corrected chi connectivity index (χ4v) is 2.46. The molecular weight excluding hydrogens is 216 g/mol. The molecule has 17 heavy (non-hydrogen) atoms. The highest BCUT2D eigenvalue weighted by Crippen LogP contribution is 2.39. The summed E-state index contributed by atoms with van der Waals surface area (Å²) in [5.41, 5.74) is 2.78. The van der Waals surface area contributed by atoms with E-state index >= 15 is 0 Å². The maximum absolute atomic E-state index is 11.3. The topological polar surface area (TPSA) is 35.5 Å². The Balaban J connectivity index is 2.46. The van der Waals surface area contributed by atoms with Crippen molar-refractivity contribution in [3.8, 4) is 5.75 Å². The molecule has 3 nitrogen and oxygen atoms in total. The van der Waals surface area contributed by atoms with Crippen LogP contribution in [0.2, 0.25) is 0 Å². The Labute approximate surface area is 102 Å². The molecule has 1 fully saturated rings. The number of hydrogen-bond donors (Lipinski definition) is 0. The molecule has 0 N–H and O–H groups in total. The number of benzene rings is 1. The molecule has 3 heteroatoms. The lowest BCUT2D eigenvalue weighted by Gasteiger charge is -2.26. The van der Waals surface area contributed by atoms with Gasteiger partial charge in [0.05, 0.1) is 7.11 Å². The van der Waals surface area contributed by atoms with Crippen LogP contribution in [0, 0.1) is 13.8 Å². The number of aryl methyl sites for hydroxylation is 2. The summed E-state index contributed by atoms with van der Waals surface area (Å²) in [6.07, 6.45) is 1.25. The van der Waals surface area contributed by atoms with Crippen molar-refractivity contribution in [2.45, 2.75) is 39.2 Å². The summed E-state index contributed by atoms with van der Waals surface area (Å²) in [5.74, 6) is 0.763. The minimum atomic E-state index is -0.474. The monoisotopic (exact) mass is 234 g/mol. The van der Waals surface area contributed by atoms with Gasteiger partial charge in [-0.1, -0.05) is 0 Å². The van der Waals surface area contributed by atoms with Crippen LogP contribution in [0.4, 0.5) is 0 Å². The van der Waals surface area contributed by atoms with E-state index in [2.05, 4.69) is 6.07 Å². The Kier molecular flexibility index (Phi) is 2.86. The second-order valence-electron chi connectivity index (χ2n) is 4.84. The smallest absolute Gasteiger partial charge is 0.306 e. The van der Waals surface area contributed by atoms with Gasteiger partial charge < -0.3 is 9.47 Å². The van der Waals surface area contributed by atoms with Crippen LogP contribution in [0.15, 0.2) is 12.1 Å². The van der Waals surface area contributed by atoms with Gasteiger partial charge in [-0.05, 0) is 49.6 Å². The van der Waals surface area contributed by atoms with E-state index in [0.29, 0.717) is 6.42 Å². The molecule has 1 saturated heterocycles. The second-order valence-corrected chi connectivity index (χ2v) is 4.84. The molecular formula is C14H18O3. The van der Waals surface area contributed by atoms with Gasteiger partial charge in [-0.25, -0.2) is 0 Å². The molecule has 0 radical (unpaired) electrons. The third-order valence-electron chi connectivity index (χ3n) is 3.46. The van der Waals surface area contributed by atoms with Crippen molar-refractivity contribution in [2.75, 3.05) is 7.11 Å². The van der Waals surface area contributed by atoms with Gasteiger partial charge in [0.25, 0.3) is 0 Å². The van der Waals surface area contributed by atoms with Crippen LogP contribution in [-0.4, -0.2) is 13.1 Å². The average Bonchev–Trinajstić information content (AvgIpc) is 2.62. The molecule has 1 aliphatic rings. The Morgan fingerprint density at radius 2 is 2.00 bits per heavy atom. The first-order valence-corrected chi connectivity index (χ1v) is 5.84. The number of hydrogen-bond acceptors (Lipinski definition) is 3. The van der Waals surface area contributed by atoms with E-state index in [1.807, 2.05) is 26.8 Å². The normalized spacial score (nSPS) is 23.6. The van der Waals surface area contributed by atoms with E-state index in [4.69, 9.17) is 9.47 Å². The predicted octanol–water partition coefficient (Wildman–Crippen LogP) is 2.86. The molecule has 1 unspecified atom stereocenters. The van der Waals surface area contributed by atoms with E-state index in [-0.39, 0.29) is 5.97 Å². The minimum Gasteiger partial charge on any atom is -0.496 e. The molecule has 0 spiro atoms. The Morgan fingerprint density at radius 3 is 2.53 bits per heavy atom. The number of ether oxygens (including phenoxy) is 2. The van der Waals surface area contributed by atoms with Gasteiger partial charge >= 0.3 is 5.97 Å². The second kappa shape index (κ2) is 4.06. The van der Waals surface area contributed by atoms with Crippen LogP contribution < -0.4 is 4.74 Å². The third-order valence-corrected chi connectivity index (χ3v) is 3.46. The van der Waals surface area contributed by atoms with Gasteiger partial charge in [0.15, 0.2) is 0 Å². The van der Waals surface area contributed by atoms with Crippen molar-refractivity contribution in [1.29, 1.82) is 0 Å².